The number of ether oxygens (including phenoxy) is 1. The molecular weight excluding hydrogens is 340 g/mol. The highest BCUT2D eigenvalue weighted by molar-refractivity contribution is 5.70. The van der Waals surface area contributed by atoms with Crippen molar-refractivity contribution >= 4 is 6.09 Å². The number of carbonyl (C=O) groups excluding carboxylic acids is 1. The molecule has 0 unspecified atom stereocenters. The third-order valence-electron chi connectivity index (χ3n) is 4.90. The van der Waals surface area contributed by atoms with Gasteiger partial charge in [0.2, 0.25) is 0 Å². The summed E-state index contributed by atoms with van der Waals surface area (Å²) in [6.45, 7) is 3.24. The number of aromatic nitrogens is 3. The molecule has 1 fully saturated rings. The van der Waals surface area contributed by atoms with Gasteiger partial charge in [0.1, 0.15) is 0 Å². The Bertz CT molecular complexity index is 897. The highest BCUT2D eigenvalue weighted by Crippen LogP contribution is 2.26. The summed E-state index contributed by atoms with van der Waals surface area (Å²) < 4.78 is 7.58. The molecule has 0 saturated carbocycles. The number of aryl methyl sites for hydroxylation is 1. The number of hydrogen-bond acceptors (Lipinski definition) is 4. The molecule has 0 aliphatic carbocycles. The van der Waals surface area contributed by atoms with Gasteiger partial charge in [0.25, 0.3) is 0 Å². The van der Waals surface area contributed by atoms with E-state index < -0.39 is 0 Å². The van der Waals surface area contributed by atoms with Crippen LogP contribution in [0.15, 0.2) is 61.2 Å². The van der Waals surface area contributed by atoms with Gasteiger partial charge in [-0.15, -0.1) is 0 Å². The van der Waals surface area contributed by atoms with Gasteiger partial charge in [0.15, 0.2) is 5.75 Å². The van der Waals surface area contributed by atoms with E-state index in [1.807, 2.05) is 37.5 Å². The Morgan fingerprint density at radius 1 is 1.07 bits per heavy atom. The van der Waals surface area contributed by atoms with Gasteiger partial charge in [0, 0.05) is 36.6 Å². The Morgan fingerprint density at radius 2 is 1.85 bits per heavy atom. The molecule has 6 heteroatoms. The van der Waals surface area contributed by atoms with Crippen LogP contribution < -0.4 is 4.74 Å². The van der Waals surface area contributed by atoms with Crippen LogP contribution in [0.5, 0.6) is 5.75 Å². The fourth-order valence-corrected chi connectivity index (χ4v) is 3.32. The van der Waals surface area contributed by atoms with Crippen molar-refractivity contribution in [1.82, 2.24) is 19.4 Å². The van der Waals surface area contributed by atoms with Crippen LogP contribution in [0.3, 0.4) is 0 Å². The van der Waals surface area contributed by atoms with E-state index in [1.165, 1.54) is 0 Å². The highest BCUT2D eigenvalue weighted by atomic mass is 16.6. The third-order valence-corrected chi connectivity index (χ3v) is 4.90. The Kier molecular flexibility index (Phi) is 4.87. The van der Waals surface area contributed by atoms with Crippen LogP contribution in [0.25, 0.3) is 11.3 Å². The molecular formula is C21H22N4O2. The molecule has 2 aromatic heterocycles. The topological polar surface area (TPSA) is 60.2 Å². The fraction of sp³-hybridized carbons (Fsp3) is 0.286. The third kappa shape index (κ3) is 4.00. The SMILES string of the molecule is Cc1ccc(OC(=O)N2CCC(n3cnc(-c4ccccc4)c3)CC2)cn1. The number of likely N-dealkylation sites (tertiary alicyclic amines) is 1. The molecule has 27 heavy (non-hydrogen) atoms. The molecule has 0 bridgehead atoms. The Balaban J connectivity index is 1.34. The number of carbonyl (C=O) groups is 1. The van der Waals surface area contributed by atoms with Gasteiger partial charge in [-0.05, 0) is 31.9 Å². The van der Waals surface area contributed by atoms with Crippen molar-refractivity contribution < 1.29 is 9.53 Å². The van der Waals surface area contributed by atoms with Crippen molar-refractivity contribution in [3.05, 3.63) is 66.9 Å². The molecule has 4 rings (SSSR count). The van der Waals surface area contributed by atoms with E-state index in [4.69, 9.17) is 4.74 Å². The quantitative estimate of drug-likeness (QED) is 0.704. The number of rotatable bonds is 3. The summed E-state index contributed by atoms with van der Waals surface area (Å²) in [5.74, 6) is 0.481. The number of nitrogens with zero attached hydrogens (tertiary/aromatic N) is 4. The predicted octanol–water partition coefficient (Wildman–Crippen LogP) is 4.09. The van der Waals surface area contributed by atoms with Gasteiger partial charge < -0.3 is 14.2 Å². The first-order chi connectivity index (χ1) is 13.2. The van der Waals surface area contributed by atoms with Gasteiger partial charge in [-0.25, -0.2) is 9.78 Å². The van der Waals surface area contributed by atoms with Crippen LogP contribution in [-0.2, 0) is 0 Å². The van der Waals surface area contributed by atoms with Crippen LogP contribution in [0.2, 0.25) is 0 Å². The Hall–Kier alpha value is -3.15. The van der Waals surface area contributed by atoms with Crippen LogP contribution in [0, 0.1) is 6.92 Å². The average Bonchev–Trinajstić information content (AvgIpc) is 3.21. The molecule has 1 saturated heterocycles. The summed E-state index contributed by atoms with van der Waals surface area (Å²) in [6, 6.07) is 14.1. The van der Waals surface area contributed by atoms with E-state index in [0.29, 0.717) is 24.9 Å². The van der Waals surface area contributed by atoms with Crippen molar-refractivity contribution in [2.75, 3.05) is 13.1 Å². The minimum atomic E-state index is -0.310. The molecule has 138 valence electrons. The van der Waals surface area contributed by atoms with Crippen LogP contribution in [-0.4, -0.2) is 38.6 Å². The van der Waals surface area contributed by atoms with Crippen molar-refractivity contribution in [3.8, 4) is 17.0 Å². The lowest BCUT2D eigenvalue weighted by Crippen LogP contribution is -2.40. The second-order valence-corrected chi connectivity index (χ2v) is 6.79. The molecule has 1 amide bonds. The lowest BCUT2D eigenvalue weighted by atomic mass is 10.1. The minimum Gasteiger partial charge on any atom is -0.409 e. The largest absolute Gasteiger partial charge is 0.415 e. The second kappa shape index (κ2) is 7.61. The van der Waals surface area contributed by atoms with Crippen LogP contribution in [0.1, 0.15) is 24.6 Å². The fourth-order valence-electron chi connectivity index (χ4n) is 3.32. The van der Waals surface area contributed by atoms with E-state index in [9.17, 15) is 4.79 Å². The van der Waals surface area contributed by atoms with Crippen LogP contribution >= 0.6 is 0 Å². The molecule has 1 aliphatic rings. The number of pyridine rings is 1. The zero-order chi connectivity index (χ0) is 18.6. The van der Waals surface area contributed by atoms with Gasteiger partial charge in [-0.2, -0.15) is 0 Å². The number of benzene rings is 1. The van der Waals surface area contributed by atoms with E-state index in [1.54, 1.807) is 17.2 Å². The smallest absolute Gasteiger partial charge is 0.409 e. The van der Waals surface area contributed by atoms with Gasteiger partial charge in [-0.3, -0.25) is 4.98 Å². The second-order valence-electron chi connectivity index (χ2n) is 6.79. The van der Waals surface area contributed by atoms with E-state index in [2.05, 4.69) is 32.9 Å². The molecule has 3 aromatic rings. The maximum absolute atomic E-state index is 12.3. The van der Waals surface area contributed by atoms with E-state index >= 15 is 0 Å². The maximum Gasteiger partial charge on any atom is 0.415 e. The minimum absolute atomic E-state index is 0.310. The number of imidazole rings is 1. The zero-order valence-electron chi connectivity index (χ0n) is 15.3. The Morgan fingerprint density at radius 3 is 2.56 bits per heavy atom. The van der Waals surface area contributed by atoms with Gasteiger partial charge in [-0.1, -0.05) is 30.3 Å². The molecule has 1 aromatic carbocycles. The van der Waals surface area contributed by atoms with Crippen molar-refractivity contribution in [2.45, 2.75) is 25.8 Å². The monoisotopic (exact) mass is 362 g/mol. The molecule has 0 radical (unpaired) electrons. The number of piperidine rings is 1. The summed E-state index contributed by atoms with van der Waals surface area (Å²) in [5.41, 5.74) is 2.99. The summed E-state index contributed by atoms with van der Waals surface area (Å²) in [6.07, 6.45) is 7.01. The highest BCUT2D eigenvalue weighted by Gasteiger charge is 2.25. The molecule has 0 N–H and O–H groups in total. The molecule has 3 heterocycles. The standard InChI is InChI=1S/C21H22N4O2/c1-16-7-8-19(13-22-16)27-21(26)24-11-9-18(10-12-24)25-14-20(23-15-25)17-5-3-2-4-6-17/h2-8,13-15,18H,9-12H2,1H3. The normalized spacial score (nSPS) is 14.9. The molecule has 1 aliphatic heterocycles. The molecule has 6 nitrogen and oxygen atoms in total. The summed E-state index contributed by atoms with van der Waals surface area (Å²) in [7, 11) is 0. The van der Waals surface area contributed by atoms with Crippen molar-refractivity contribution in [3.63, 3.8) is 0 Å². The van der Waals surface area contributed by atoms with E-state index in [0.717, 1.165) is 29.8 Å². The van der Waals surface area contributed by atoms with Crippen molar-refractivity contribution in [2.24, 2.45) is 0 Å². The first-order valence-electron chi connectivity index (χ1n) is 9.17. The predicted molar refractivity (Wildman–Crippen MR) is 103 cm³/mol. The van der Waals surface area contributed by atoms with Gasteiger partial charge in [0.05, 0.1) is 18.2 Å². The maximum atomic E-state index is 12.3. The number of amides is 1. The lowest BCUT2D eigenvalue weighted by molar-refractivity contribution is 0.132. The summed E-state index contributed by atoms with van der Waals surface area (Å²) in [5, 5.41) is 0. The number of hydrogen-bond donors (Lipinski definition) is 0. The lowest BCUT2D eigenvalue weighted by Gasteiger charge is -2.31. The van der Waals surface area contributed by atoms with E-state index in [-0.39, 0.29) is 6.09 Å². The molecule has 0 spiro atoms. The summed E-state index contributed by atoms with van der Waals surface area (Å²) in [4.78, 5) is 22.8. The Labute approximate surface area is 158 Å². The van der Waals surface area contributed by atoms with Crippen LogP contribution in [0.4, 0.5) is 4.79 Å². The summed E-state index contributed by atoms with van der Waals surface area (Å²) >= 11 is 0. The molecule has 0 atom stereocenters. The zero-order valence-corrected chi connectivity index (χ0v) is 15.3. The van der Waals surface area contributed by atoms with Gasteiger partial charge >= 0.3 is 6.09 Å². The average molecular weight is 362 g/mol. The van der Waals surface area contributed by atoms with Crippen molar-refractivity contribution in [1.29, 1.82) is 0 Å². The first kappa shape index (κ1) is 17.3. The first-order valence-corrected chi connectivity index (χ1v) is 9.17.